The SMILES string of the molecule is Cc1ccc(NS(=O)(=O)c2ccc(C)cc2C)nc1. The van der Waals surface area contributed by atoms with Crippen molar-refractivity contribution in [1.29, 1.82) is 0 Å². The smallest absolute Gasteiger partial charge is 0.263 e. The molecule has 100 valence electrons. The number of hydrogen-bond acceptors (Lipinski definition) is 3. The summed E-state index contributed by atoms with van der Waals surface area (Å²) in [5.41, 5.74) is 2.74. The molecule has 0 spiro atoms. The molecule has 1 aromatic carbocycles. The standard InChI is InChI=1S/C14H16N2O2S/c1-10-4-6-13(12(3)8-10)19(17,18)16-14-7-5-11(2)9-15-14/h4-9H,1-3H3,(H,15,16). The van der Waals surface area contributed by atoms with Gasteiger partial charge in [-0.1, -0.05) is 23.8 Å². The lowest BCUT2D eigenvalue weighted by Crippen LogP contribution is -2.15. The number of rotatable bonds is 3. The van der Waals surface area contributed by atoms with E-state index in [-0.39, 0.29) is 4.90 Å². The number of hydrogen-bond donors (Lipinski definition) is 1. The Morgan fingerprint density at radius 1 is 1.00 bits per heavy atom. The Kier molecular flexibility index (Phi) is 3.57. The highest BCUT2D eigenvalue weighted by Crippen LogP contribution is 2.19. The molecule has 1 heterocycles. The van der Waals surface area contributed by atoms with Crippen LogP contribution in [0, 0.1) is 20.8 Å². The molecule has 1 aromatic heterocycles. The largest absolute Gasteiger partial charge is 0.263 e. The summed E-state index contributed by atoms with van der Waals surface area (Å²) in [6.45, 7) is 5.61. The van der Waals surface area contributed by atoms with Gasteiger partial charge in [-0.15, -0.1) is 0 Å². The van der Waals surface area contributed by atoms with E-state index < -0.39 is 10.0 Å². The second-order valence-electron chi connectivity index (χ2n) is 4.60. The van der Waals surface area contributed by atoms with Gasteiger partial charge in [-0.05, 0) is 44.0 Å². The predicted octanol–water partition coefficient (Wildman–Crippen LogP) is 2.81. The first-order valence-electron chi connectivity index (χ1n) is 5.91. The fourth-order valence-corrected chi connectivity index (χ4v) is 3.06. The van der Waals surface area contributed by atoms with E-state index in [4.69, 9.17) is 0 Å². The van der Waals surface area contributed by atoms with Crippen LogP contribution in [-0.2, 0) is 10.0 Å². The number of nitrogens with zero attached hydrogens (tertiary/aromatic N) is 1. The minimum Gasteiger partial charge on any atom is -0.263 e. The second-order valence-corrected chi connectivity index (χ2v) is 6.25. The first kappa shape index (κ1) is 13.5. The van der Waals surface area contributed by atoms with Crippen LogP contribution in [0.2, 0.25) is 0 Å². The Labute approximate surface area is 113 Å². The van der Waals surface area contributed by atoms with Gasteiger partial charge in [-0.3, -0.25) is 4.72 Å². The summed E-state index contributed by atoms with van der Waals surface area (Å²) in [5.74, 6) is 0.325. The quantitative estimate of drug-likeness (QED) is 0.937. The molecule has 0 radical (unpaired) electrons. The van der Waals surface area contributed by atoms with E-state index in [9.17, 15) is 8.42 Å². The summed E-state index contributed by atoms with van der Waals surface area (Å²) in [7, 11) is -3.59. The number of benzene rings is 1. The Morgan fingerprint density at radius 3 is 2.26 bits per heavy atom. The lowest BCUT2D eigenvalue weighted by Gasteiger charge is -2.10. The van der Waals surface area contributed by atoms with E-state index in [1.807, 2.05) is 26.0 Å². The molecule has 0 atom stereocenters. The maximum Gasteiger partial charge on any atom is 0.263 e. The zero-order valence-corrected chi connectivity index (χ0v) is 12.0. The summed E-state index contributed by atoms with van der Waals surface area (Å²) in [6.07, 6.45) is 1.62. The predicted molar refractivity (Wildman–Crippen MR) is 75.7 cm³/mol. The number of pyridine rings is 1. The molecule has 0 amide bonds. The Hall–Kier alpha value is -1.88. The molecule has 0 aliphatic rings. The average Bonchev–Trinajstić information content (AvgIpc) is 2.31. The molecule has 2 rings (SSSR count). The highest BCUT2D eigenvalue weighted by Gasteiger charge is 2.17. The maximum atomic E-state index is 12.3. The molecule has 0 aliphatic heterocycles. The number of anilines is 1. The van der Waals surface area contributed by atoms with Crippen LogP contribution in [0.5, 0.6) is 0 Å². The molecule has 19 heavy (non-hydrogen) atoms. The first-order chi connectivity index (χ1) is 8.88. The Balaban J connectivity index is 2.35. The lowest BCUT2D eigenvalue weighted by atomic mass is 10.2. The second kappa shape index (κ2) is 5.01. The van der Waals surface area contributed by atoms with E-state index in [2.05, 4.69) is 9.71 Å². The van der Waals surface area contributed by atoms with Crippen molar-refractivity contribution in [3.05, 3.63) is 53.2 Å². The van der Waals surface area contributed by atoms with Gasteiger partial charge in [0.15, 0.2) is 0 Å². The number of sulfonamides is 1. The highest BCUT2D eigenvalue weighted by molar-refractivity contribution is 7.92. The van der Waals surface area contributed by atoms with E-state index in [1.54, 1.807) is 31.3 Å². The lowest BCUT2D eigenvalue weighted by molar-refractivity contribution is 0.600. The summed E-state index contributed by atoms with van der Waals surface area (Å²) < 4.78 is 27.0. The van der Waals surface area contributed by atoms with Gasteiger partial charge in [-0.2, -0.15) is 0 Å². The van der Waals surface area contributed by atoms with Gasteiger partial charge >= 0.3 is 0 Å². The van der Waals surface area contributed by atoms with Crippen molar-refractivity contribution in [3.8, 4) is 0 Å². The minimum absolute atomic E-state index is 0.278. The van der Waals surface area contributed by atoms with Crippen LogP contribution >= 0.6 is 0 Å². The molecule has 1 N–H and O–H groups in total. The minimum atomic E-state index is -3.59. The van der Waals surface area contributed by atoms with Crippen LogP contribution in [0.3, 0.4) is 0 Å². The van der Waals surface area contributed by atoms with E-state index in [1.165, 1.54) is 0 Å². The molecule has 0 saturated carbocycles. The van der Waals surface area contributed by atoms with Gasteiger partial charge in [0.2, 0.25) is 0 Å². The summed E-state index contributed by atoms with van der Waals surface area (Å²) >= 11 is 0. The molecule has 2 aromatic rings. The van der Waals surface area contributed by atoms with Gasteiger partial charge in [0.05, 0.1) is 4.90 Å². The summed E-state index contributed by atoms with van der Waals surface area (Å²) in [5, 5.41) is 0. The molecule has 0 fully saturated rings. The van der Waals surface area contributed by atoms with Gasteiger partial charge < -0.3 is 0 Å². The number of aryl methyl sites for hydroxylation is 3. The molecule has 0 saturated heterocycles. The number of aromatic nitrogens is 1. The average molecular weight is 276 g/mol. The van der Waals surface area contributed by atoms with Crippen LogP contribution in [0.4, 0.5) is 5.82 Å². The third kappa shape index (κ3) is 3.12. The molecule has 0 aliphatic carbocycles. The van der Waals surface area contributed by atoms with Gasteiger partial charge in [-0.25, -0.2) is 13.4 Å². The van der Waals surface area contributed by atoms with Crippen molar-refractivity contribution < 1.29 is 8.42 Å². The third-order valence-corrected chi connectivity index (χ3v) is 4.29. The number of nitrogens with one attached hydrogen (secondary N) is 1. The fourth-order valence-electron chi connectivity index (χ4n) is 1.82. The summed E-state index contributed by atoms with van der Waals surface area (Å²) in [6, 6.07) is 8.70. The summed E-state index contributed by atoms with van der Waals surface area (Å²) in [4.78, 5) is 4.32. The van der Waals surface area contributed by atoms with Crippen LogP contribution in [-0.4, -0.2) is 13.4 Å². The van der Waals surface area contributed by atoms with E-state index in [0.717, 1.165) is 16.7 Å². The van der Waals surface area contributed by atoms with Crippen molar-refractivity contribution in [1.82, 2.24) is 4.98 Å². The molecule has 5 heteroatoms. The first-order valence-corrected chi connectivity index (χ1v) is 7.39. The molecular formula is C14H16N2O2S. The Morgan fingerprint density at radius 2 is 1.68 bits per heavy atom. The highest BCUT2D eigenvalue weighted by atomic mass is 32.2. The van der Waals surface area contributed by atoms with E-state index >= 15 is 0 Å². The zero-order valence-electron chi connectivity index (χ0n) is 11.1. The van der Waals surface area contributed by atoms with Gasteiger partial charge in [0, 0.05) is 6.20 Å². The van der Waals surface area contributed by atoms with Gasteiger partial charge in [0.25, 0.3) is 10.0 Å². The molecular weight excluding hydrogens is 260 g/mol. The van der Waals surface area contributed by atoms with Crippen LogP contribution in [0.15, 0.2) is 41.4 Å². The fraction of sp³-hybridized carbons (Fsp3) is 0.214. The molecule has 0 unspecified atom stereocenters. The maximum absolute atomic E-state index is 12.3. The third-order valence-electron chi connectivity index (χ3n) is 2.77. The van der Waals surface area contributed by atoms with Crippen LogP contribution in [0.25, 0.3) is 0 Å². The topological polar surface area (TPSA) is 59.1 Å². The van der Waals surface area contributed by atoms with Crippen LogP contribution in [0.1, 0.15) is 16.7 Å². The van der Waals surface area contributed by atoms with Gasteiger partial charge in [0.1, 0.15) is 5.82 Å². The van der Waals surface area contributed by atoms with Crippen LogP contribution < -0.4 is 4.72 Å². The Bertz CT molecular complexity index is 692. The van der Waals surface area contributed by atoms with Crippen molar-refractivity contribution in [3.63, 3.8) is 0 Å². The monoisotopic (exact) mass is 276 g/mol. The molecule has 0 bridgehead atoms. The zero-order chi connectivity index (χ0) is 14.0. The molecule has 4 nitrogen and oxygen atoms in total. The van der Waals surface area contributed by atoms with Crippen molar-refractivity contribution in [2.45, 2.75) is 25.7 Å². The van der Waals surface area contributed by atoms with E-state index in [0.29, 0.717) is 5.82 Å². The van der Waals surface area contributed by atoms with Crippen molar-refractivity contribution >= 4 is 15.8 Å². The van der Waals surface area contributed by atoms with Crippen molar-refractivity contribution in [2.75, 3.05) is 4.72 Å². The van der Waals surface area contributed by atoms with Crippen molar-refractivity contribution in [2.24, 2.45) is 0 Å². The normalized spacial score (nSPS) is 11.3.